The molecule has 0 radical (unpaired) electrons. The van der Waals surface area contributed by atoms with Crippen molar-refractivity contribution in [2.45, 2.75) is 411 Å². The molecule has 2 atom stereocenters. The number of amides is 1. The van der Waals surface area contributed by atoms with Crippen LogP contribution in [0.5, 0.6) is 0 Å². The number of hydrogen-bond acceptors (Lipinski definition) is 5. The maximum atomic E-state index is 12.5. The lowest BCUT2D eigenvalue weighted by Crippen LogP contribution is -2.45. The molecule has 0 spiro atoms. The Morgan fingerprint density at radius 3 is 0.887 bits per heavy atom. The molecule has 0 aromatic carbocycles. The van der Waals surface area contributed by atoms with Crippen molar-refractivity contribution < 1.29 is 24.5 Å². The van der Waals surface area contributed by atoms with E-state index in [1.54, 1.807) is 6.08 Å². The molecule has 80 heavy (non-hydrogen) atoms. The van der Waals surface area contributed by atoms with Crippen LogP contribution < -0.4 is 5.32 Å². The van der Waals surface area contributed by atoms with Crippen molar-refractivity contribution >= 4 is 11.9 Å². The Morgan fingerprint density at radius 2 is 0.588 bits per heavy atom. The van der Waals surface area contributed by atoms with Crippen molar-refractivity contribution in [1.29, 1.82) is 0 Å². The zero-order chi connectivity index (χ0) is 57.8. The lowest BCUT2D eigenvalue weighted by Gasteiger charge is -2.20. The number of unbranched alkanes of at least 4 members (excludes halogenated alkanes) is 53. The highest BCUT2D eigenvalue weighted by atomic mass is 16.5. The van der Waals surface area contributed by atoms with E-state index in [1.165, 1.54) is 327 Å². The summed E-state index contributed by atoms with van der Waals surface area (Å²) in [6, 6.07) is -0.629. The maximum absolute atomic E-state index is 12.5. The van der Waals surface area contributed by atoms with Gasteiger partial charge in [0.25, 0.3) is 0 Å². The monoisotopic (exact) mass is 1120 g/mol. The van der Waals surface area contributed by atoms with Gasteiger partial charge < -0.3 is 20.3 Å². The van der Waals surface area contributed by atoms with Crippen molar-refractivity contribution in [3.63, 3.8) is 0 Å². The minimum absolute atomic E-state index is 0.00739. The molecule has 3 N–H and O–H groups in total. The molecule has 472 valence electrons. The van der Waals surface area contributed by atoms with Gasteiger partial charge in [-0.3, -0.25) is 9.59 Å². The fourth-order valence-corrected chi connectivity index (χ4v) is 11.3. The Labute approximate surface area is 500 Å². The van der Waals surface area contributed by atoms with E-state index in [1.807, 2.05) is 6.08 Å². The fourth-order valence-electron chi connectivity index (χ4n) is 11.3. The van der Waals surface area contributed by atoms with Crippen LogP contribution in [-0.4, -0.2) is 47.4 Å². The summed E-state index contributed by atoms with van der Waals surface area (Å²) in [6.07, 6.45) is 89.4. The van der Waals surface area contributed by atoms with E-state index in [-0.39, 0.29) is 18.5 Å². The van der Waals surface area contributed by atoms with Crippen molar-refractivity contribution in [2.75, 3.05) is 13.2 Å². The molecule has 2 unspecified atom stereocenters. The van der Waals surface area contributed by atoms with E-state index < -0.39 is 12.1 Å². The second-order valence-electron chi connectivity index (χ2n) is 24.9. The van der Waals surface area contributed by atoms with Gasteiger partial charge in [0.05, 0.1) is 25.4 Å². The highest BCUT2D eigenvalue weighted by Gasteiger charge is 2.18. The van der Waals surface area contributed by atoms with Crippen LogP contribution in [0.15, 0.2) is 36.5 Å². The highest BCUT2D eigenvalue weighted by Crippen LogP contribution is 2.18. The third kappa shape index (κ3) is 65.2. The molecular formula is C74H141NO5. The summed E-state index contributed by atoms with van der Waals surface area (Å²) < 4.78 is 5.49. The van der Waals surface area contributed by atoms with Gasteiger partial charge in [0, 0.05) is 12.8 Å². The number of aliphatic hydroxyl groups is 2. The first-order valence-corrected chi connectivity index (χ1v) is 36.3. The van der Waals surface area contributed by atoms with Crippen LogP contribution in [-0.2, 0) is 14.3 Å². The fraction of sp³-hybridized carbons (Fsp3) is 0.892. The predicted octanol–water partition coefficient (Wildman–Crippen LogP) is 23.5. The molecule has 0 fully saturated rings. The first kappa shape index (κ1) is 78.1. The summed E-state index contributed by atoms with van der Waals surface area (Å²) in [5.41, 5.74) is 0. The third-order valence-electron chi connectivity index (χ3n) is 16.9. The van der Waals surface area contributed by atoms with Gasteiger partial charge in [-0.2, -0.15) is 0 Å². The second-order valence-corrected chi connectivity index (χ2v) is 24.9. The molecule has 0 rings (SSSR count). The summed E-state index contributed by atoms with van der Waals surface area (Å²) in [5, 5.41) is 23.3. The van der Waals surface area contributed by atoms with Crippen LogP contribution in [0.2, 0.25) is 0 Å². The van der Waals surface area contributed by atoms with E-state index >= 15 is 0 Å². The number of carbonyl (C=O) groups excluding carboxylic acids is 2. The Kier molecular flexibility index (Phi) is 67.9. The molecule has 0 aliphatic carbocycles. The first-order valence-electron chi connectivity index (χ1n) is 36.3. The molecule has 0 aliphatic rings. The van der Waals surface area contributed by atoms with Gasteiger partial charge in [0.15, 0.2) is 0 Å². The number of aliphatic hydroxyl groups excluding tert-OH is 2. The van der Waals surface area contributed by atoms with Crippen LogP contribution in [0.25, 0.3) is 0 Å². The molecule has 0 saturated heterocycles. The normalized spacial score (nSPS) is 12.7. The molecule has 6 heteroatoms. The van der Waals surface area contributed by atoms with Crippen molar-refractivity contribution in [3.05, 3.63) is 36.5 Å². The number of rotatable bonds is 68. The lowest BCUT2D eigenvalue weighted by molar-refractivity contribution is -0.143. The van der Waals surface area contributed by atoms with E-state index in [2.05, 4.69) is 43.5 Å². The molecule has 0 aromatic rings. The minimum Gasteiger partial charge on any atom is -0.466 e. The molecule has 0 saturated carbocycles. The summed E-state index contributed by atoms with van der Waals surface area (Å²) in [7, 11) is 0. The molecule has 0 heterocycles. The number of carbonyl (C=O) groups is 2. The molecule has 0 aliphatic heterocycles. The molecule has 0 bridgehead atoms. The van der Waals surface area contributed by atoms with E-state index in [9.17, 15) is 19.8 Å². The SMILES string of the molecule is CCCCCCC/C=C\CCCCCCCC(=O)OCCCCCCCCCCCCCC/C=C\CCCCCCCCCCCCCCC(=O)NC(CO)C(O)/C=C/CCCCCCCCCCCCCCCCCCCCC. The average Bonchev–Trinajstić information content (AvgIpc) is 3.46. The van der Waals surface area contributed by atoms with Crippen LogP contribution in [0.1, 0.15) is 399 Å². The number of allylic oxidation sites excluding steroid dienone is 5. The molecular weight excluding hydrogens is 983 g/mol. The lowest BCUT2D eigenvalue weighted by atomic mass is 10.0. The van der Waals surface area contributed by atoms with Crippen LogP contribution in [0.3, 0.4) is 0 Å². The maximum Gasteiger partial charge on any atom is 0.305 e. The number of esters is 1. The molecule has 0 aromatic heterocycles. The van der Waals surface area contributed by atoms with Crippen molar-refractivity contribution in [1.82, 2.24) is 5.32 Å². The number of nitrogens with one attached hydrogen (secondary N) is 1. The van der Waals surface area contributed by atoms with Crippen molar-refractivity contribution in [3.8, 4) is 0 Å². The Hall–Kier alpha value is -1.92. The summed E-state index contributed by atoms with van der Waals surface area (Å²) in [5.74, 6) is -0.0568. The third-order valence-corrected chi connectivity index (χ3v) is 16.9. The average molecular weight is 1120 g/mol. The van der Waals surface area contributed by atoms with E-state index in [0.29, 0.717) is 19.4 Å². The van der Waals surface area contributed by atoms with Gasteiger partial charge in [-0.15, -0.1) is 0 Å². The quantitative estimate of drug-likeness (QED) is 0.0320. The number of hydrogen-bond donors (Lipinski definition) is 3. The topological polar surface area (TPSA) is 95.9 Å². The van der Waals surface area contributed by atoms with Gasteiger partial charge in [-0.05, 0) is 83.5 Å². The zero-order valence-corrected chi connectivity index (χ0v) is 54.1. The molecule has 1 amide bonds. The second kappa shape index (κ2) is 69.6. The first-order chi connectivity index (χ1) is 39.5. The smallest absolute Gasteiger partial charge is 0.305 e. The zero-order valence-electron chi connectivity index (χ0n) is 54.1. The van der Waals surface area contributed by atoms with Gasteiger partial charge in [-0.1, -0.05) is 339 Å². The summed E-state index contributed by atoms with van der Waals surface area (Å²) in [4.78, 5) is 24.6. The van der Waals surface area contributed by atoms with Crippen molar-refractivity contribution in [2.24, 2.45) is 0 Å². The van der Waals surface area contributed by atoms with Crippen LogP contribution in [0.4, 0.5) is 0 Å². The standard InChI is InChI=1S/C74H141NO5/c1-3-5-7-9-11-13-15-17-19-20-21-30-33-36-39-42-46-50-54-58-62-66-72(77)71(70-76)75-73(78)67-63-59-55-51-47-43-40-37-34-31-28-26-24-22-23-25-27-29-32-35-38-41-45-49-53-57-61-65-69-80-74(79)68-64-60-56-52-48-44-18-16-14-12-10-8-6-4-2/h16,18,22-23,62,66,71-72,76-77H,3-15,17,19-21,24-61,63-65,67-70H2,1-2H3,(H,75,78)/b18-16-,23-22-,66-62+. The van der Waals surface area contributed by atoms with Gasteiger partial charge in [-0.25, -0.2) is 0 Å². The molecule has 6 nitrogen and oxygen atoms in total. The van der Waals surface area contributed by atoms with Crippen LogP contribution >= 0.6 is 0 Å². The van der Waals surface area contributed by atoms with Gasteiger partial charge in [0.1, 0.15) is 0 Å². The largest absolute Gasteiger partial charge is 0.466 e. The Bertz CT molecular complexity index is 1300. The summed E-state index contributed by atoms with van der Waals surface area (Å²) >= 11 is 0. The van der Waals surface area contributed by atoms with E-state index in [4.69, 9.17) is 4.74 Å². The Morgan fingerprint density at radius 1 is 0.338 bits per heavy atom. The van der Waals surface area contributed by atoms with Crippen LogP contribution in [0, 0.1) is 0 Å². The Balaban J connectivity index is 3.41. The van der Waals surface area contributed by atoms with Gasteiger partial charge in [0.2, 0.25) is 5.91 Å². The minimum atomic E-state index is -0.846. The summed E-state index contributed by atoms with van der Waals surface area (Å²) in [6.45, 7) is 4.93. The predicted molar refractivity (Wildman–Crippen MR) is 352 cm³/mol. The van der Waals surface area contributed by atoms with E-state index in [0.717, 1.165) is 44.9 Å². The number of ether oxygens (including phenoxy) is 1. The van der Waals surface area contributed by atoms with Gasteiger partial charge >= 0.3 is 5.97 Å². The highest BCUT2D eigenvalue weighted by molar-refractivity contribution is 5.76.